The number of nitrogens with two attached hydrogens (primary N) is 1. The summed E-state index contributed by atoms with van der Waals surface area (Å²) in [5, 5.41) is 0.417. The number of hydrogen-bond acceptors (Lipinski definition) is 8. The number of thioether (sulfide) groups is 1. The largest absolute Gasteiger partial charge is 0.397 e. The van der Waals surface area contributed by atoms with Crippen molar-refractivity contribution in [2.75, 3.05) is 29.5 Å². The lowest BCUT2D eigenvalue weighted by molar-refractivity contribution is -0.127. The normalized spacial score (nSPS) is 17.9. The van der Waals surface area contributed by atoms with Gasteiger partial charge in [0, 0.05) is 36.0 Å². The third-order valence-corrected chi connectivity index (χ3v) is 10.5. The summed E-state index contributed by atoms with van der Waals surface area (Å²) < 4.78 is 17.2. The molecule has 0 radical (unpaired) electrons. The molecule has 0 spiro atoms. The van der Waals surface area contributed by atoms with Crippen LogP contribution in [0.3, 0.4) is 0 Å². The first-order chi connectivity index (χ1) is 21.3. The van der Waals surface area contributed by atoms with Gasteiger partial charge in [-0.05, 0) is 43.5 Å². The number of nitrogen functional groups attached to an aromatic ring is 1. The van der Waals surface area contributed by atoms with Crippen LogP contribution in [0.15, 0.2) is 40.7 Å². The Morgan fingerprint density at radius 2 is 1.96 bits per heavy atom. The molecule has 3 aromatic heterocycles. The van der Waals surface area contributed by atoms with Gasteiger partial charge in [-0.25, -0.2) is 18.7 Å². The van der Waals surface area contributed by atoms with Crippen LogP contribution >= 0.6 is 46.6 Å². The van der Waals surface area contributed by atoms with Gasteiger partial charge in [0.1, 0.15) is 5.82 Å². The van der Waals surface area contributed by atoms with E-state index in [2.05, 4.69) is 21.4 Å². The molecule has 14 heteroatoms. The summed E-state index contributed by atoms with van der Waals surface area (Å²) >= 11 is 21.1. The standard InChI is InChI=1S/C31H29Cl3FN7O2S/c1-6-19(43)40-10-15(5)41-16(11-40)12-45-28-21-29(38-26(22(28)34)20-23(35)17(32)9-18(33)24(20)36)42(31(44)39-30(21)41)27-14(4)7-8-37-25(27)13(2)3/h6-9,13,15-16H,1,10-12,36H2,2-5H3. The molecule has 234 valence electrons. The van der Waals surface area contributed by atoms with E-state index in [1.165, 1.54) is 28.5 Å². The van der Waals surface area contributed by atoms with Crippen LogP contribution in [0.1, 0.15) is 37.9 Å². The Kier molecular flexibility index (Phi) is 8.26. The lowest BCUT2D eigenvalue weighted by Crippen LogP contribution is -2.60. The Balaban J connectivity index is 1.76. The van der Waals surface area contributed by atoms with E-state index in [1.807, 2.05) is 27.7 Å². The molecule has 5 heterocycles. The van der Waals surface area contributed by atoms with Gasteiger partial charge in [0.2, 0.25) is 5.91 Å². The second-order valence-corrected chi connectivity index (χ2v) is 13.7. The summed E-state index contributed by atoms with van der Waals surface area (Å²) in [5.41, 5.74) is 7.62. The van der Waals surface area contributed by atoms with Gasteiger partial charge in [-0.3, -0.25) is 9.78 Å². The molecule has 45 heavy (non-hydrogen) atoms. The molecule has 4 aromatic rings. The highest BCUT2D eigenvalue weighted by molar-refractivity contribution is 7.99. The van der Waals surface area contributed by atoms with E-state index in [9.17, 15) is 9.59 Å². The van der Waals surface area contributed by atoms with Gasteiger partial charge in [0.15, 0.2) is 11.5 Å². The van der Waals surface area contributed by atoms with Gasteiger partial charge >= 0.3 is 5.69 Å². The van der Waals surface area contributed by atoms with E-state index in [4.69, 9.17) is 45.5 Å². The Bertz CT molecular complexity index is 1960. The van der Waals surface area contributed by atoms with Gasteiger partial charge in [0.25, 0.3) is 0 Å². The number of halogens is 4. The lowest BCUT2D eigenvalue weighted by Gasteiger charge is -2.45. The summed E-state index contributed by atoms with van der Waals surface area (Å²) in [6, 6.07) is 2.59. The second-order valence-electron chi connectivity index (χ2n) is 11.5. The van der Waals surface area contributed by atoms with Crippen LogP contribution in [-0.4, -0.2) is 61.3 Å². The molecule has 1 fully saturated rings. The molecule has 6 rings (SSSR count). The van der Waals surface area contributed by atoms with Crippen molar-refractivity contribution >= 4 is 75.0 Å². The van der Waals surface area contributed by atoms with Gasteiger partial charge in [0.05, 0.1) is 54.8 Å². The fourth-order valence-electron chi connectivity index (χ4n) is 6.18. The molecular formula is C31H29Cl3FN7O2S. The van der Waals surface area contributed by atoms with E-state index in [0.717, 1.165) is 5.56 Å². The van der Waals surface area contributed by atoms with E-state index < -0.39 is 11.5 Å². The number of rotatable bonds is 4. The van der Waals surface area contributed by atoms with Crippen LogP contribution in [0.4, 0.5) is 15.9 Å². The van der Waals surface area contributed by atoms with Crippen molar-refractivity contribution in [3.05, 3.63) is 73.6 Å². The highest BCUT2D eigenvalue weighted by atomic mass is 35.5. The van der Waals surface area contributed by atoms with Gasteiger partial charge in [-0.2, -0.15) is 4.98 Å². The number of amides is 1. The minimum atomic E-state index is -0.841. The summed E-state index contributed by atoms with van der Waals surface area (Å²) in [5.74, 6) is -0.212. The molecule has 1 saturated heterocycles. The molecule has 2 unspecified atom stereocenters. The van der Waals surface area contributed by atoms with Crippen LogP contribution < -0.4 is 16.3 Å². The van der Waals surface area contributed by atoms with Crippen LogP contribution in [-0.2, 0) is 4.79 Å². The molecule has 1 aromatic carbocycles. The minimum Gasteiger partial charge on any atom is -0.397 e. The first-order valence-electron chi connectivity index (χ1n) is 14.2. The predicted octanol–water partition coefficient (Wildman–Crippen LogP) is 6.65. The Morgan fingerprint density at radius 1 is 1.22 bits per heavy atom. The number of fused-ring (bicyclic) bond motifs is 2. The first-order valence-corrected chi connectivity index (χ1v) is 16.4. The fraction of sp³-hybridized carbons (Fsp3) is 0.323. The smallest absolute Gasteiger partial charge is 0.355 e. The number of carbonyl (C=O) groups is 1. The lowest BCUT2D eigenvalue weighted by atomic mass is 10.0. The molecule has 0 bridgehead atoms. The summed E-state index contributed by atoms with van der Waals surface area (Å²) in [4.78, 5) is 45.4. The maximum atomic E-state index is 15.8. The third kappa shape index (κ3) is 5.04. The average molecular weight is 689 g/mol. The third-order valence-electron chi connectivity index (χ3n) is 8.21. The molecule has 9 nitrogen and oxygen atoms in total. The number of carbonyl (C=O) groups excluding carboxylic acids is 1. The Labute approximate surface area is 278 Å². The molecule has 0 saturated carbocycles. The summed E-state index contributed by atoms with van der Waals surface area (Å²) in [6.45, 7) is 12.2. The number of nitrogens with zero attached hydrogens (tertiary/aromatic N) is 6. The van der Waals surface area contributed by atoms with Crippen molar-refractivity contribution in [2.24, 2.45) is 0 Å². The maximum Gasteiger partial charge on any atom is 0.355 e. The maximum absolute atomic E-state index is 15.8. The van der Waals surface area contributed by atoms with Crippen molar-refractivity contribution < 1.29 is 9.18 Å². The number of piperazine rings is 1. The molecule has 1 amide bonds. The van der Waals surface area contributed by atoms with Crippen molar-refractivity contribution in [2.45, 2.75) is 50.6 Å². The highest BCUT2D eigenvalue weighted by Gasteiger charge is 2.40. The van der Waals surface area contributed by atoms with Crippen LogP contribution in [0.25, 0.3) is 28.0 Å². The van der Waals surface area contributed by atoms with Gasteiger partial charge in [-0.1, -0.05) is 55.2 Å². The Morgan fingerprint density at radius 3 is 2.64 bits per heavy atom. The van der Waals surface area contributed by atoms with Crippen LogP contribution in [0.2, 0.25) is 15.1 Å². The predicted molar refractivity (Wildman–Crippen MR) is 180 cm³/mol. The molecular weight excluding hydrogens is 660 g/mol. The zero-order valence-corrected chi connectivity index (χ0v) is 28.0. The van der Waals surface area contributed by atoms with E-state index >= 15 is 4.39 Å². The van der Waals surface area contributed by atoms with Crippen LogP contribution in [0.5, 0.6) is 0 Å². The van der Waals surface area contributed by atoms with Crippen molar-refractivity contribution in [3.8, 4) is 16.9 Å². The van der Waals surface area contributed by atoms with Gasteiger partial charge < -0.3 is 15.5 Å². The van der Waals surface area contributed by atoms with E-state index in [0.29, 0.717) is 46.3 Å². The molecule has 0 aliphatic carbocycles. The topological polar surface area (TPSA) is 110 Å². The zero-order chi connectivity index (χ0) is 32.5. The zero-order valence-electron chi connectivity index (χ0n) is 24.9. The monoisotopic (exact) mass is 687 g/mol. The highest BCUT2D eigenvalue weighted by Crippen LogP contribution is 2.49. The average Bonchev–Trinajstić information content (AvgIpc) is 3.16. The number of pyridine rings is 2. The molecule has 2 aliphatic heterocycles. The quantitative estimate of drug-likeness (QED) is 0.144. The number of benzene rings is 1. The molecule has 2 atom stereocenters. The van der Waals surface area contributed by atoms with E-state index in [1.54, 1.807) is 17.2 Å². The number of aromatic nitrogens is 4. The summed E-state index contributed by atoms with van der Waals surface area (Å²) in [7, 11) is 0. The number of anilines is 2. The minimum absolute atomic E-state index is 0.0135. The van der Waals surface area contributed by atoms with Crippen molar-refractivity contribution in [1.29, 1.82) is 0 Å². The van der Waals surface area contributed by atoms with Crippen molar-refractivity contribution in [1.82, 2.24) is 24.4 Å². The van der Waals surface area contributed by atoms with Crippen molar-refractivity contribution in [3.63, 3.8) is 0 Å². The van der Waals surface area contributed by atoms with E-state index in [-0.39, 0.29) is 61.6 Å². The Hall–Kier alpha value is -3.38. The van der Waals surface area contributed by atoms with Crippen LogP contribution in [0, 0.1) is 12.7 Å². The number of hydrogen-bond donors (Lipinski definition) is 1. The second kappa shape index (κ2) is 11.8. The molecule has 2 aliphatic rings. The SMILES string of the molecule is C=CC(=O)N1CC(C)N2c3nc(=O)n(-c4c(C)ccnc4C(C)C)c4nc(-c5c(N)c(Cl)cc(Cl)c5F)c(Cl)c(c34)SCC2C1. The molecule has 2 N–H and O–H groups in total. The first kappa shape index (κ1) is 31.6. The van der Waals surface area contributed by atoms with Gasteiger partial charge in [-0.15, -0.1) is 11.8 Å². The fourth-order valence-corrected chi connectivity index (χ4v) is 8.22. The number of aryl methyl sites for hydroxylation is 1. The summed E-state index contributed by atoms with van der Waals surface area (Å²) in [6.07, 6.45) is 2.98.